The number of carbonyl (C=O) groups excluding carboxylic acids is 2. The molecule has 5 nitrogen and oxygen atoms in total. The second-order valence-corrected chi connectivity index (χ2v) is 6.42. The molecule has 1 heterocycles. The van der Waals surface area contributed by atoms with Crippen LogP contribution in [0.4, 0.5) is 10.1 Å². The molecule has 0 radical (unpaired) electrons. The Bertz CT molecular complexity index is 1050. The number of para-hydroxylation sites is 1. The Hall–Kier alpha value is -3.28. The maximum Gasteiger partial charge on any atom is 0.339 e. The summed E-state index contributed by atoms with van der Waals surface area (Å²) >= 11 is 0. The summed E-state index contributed by atoms with van der Waals surface area (Å²) in [5.41, 5.74) is 3.38. The van der Waals surface area contributed by atoms with Crippen molar-refractivity contribution in [3.05, 3.63) is 71.2 Å². The van der Waals surface area contributed by atoms with Crippen LogP contribution >= 0.6 is 0 Å². The maximum atomic E-state index is 13.2. The lowest BCUT2D eigenvalue weighted by Crippen LogP contribution is -2.21. The predicted octanol–water partition coefficient (Wildman–Crippen LogP) is 3.66. The first-order valence-corrected chi connectivity index (χ1v) is 8.75. The van der Waals surface area contributed by atoms with E-state index in [0.29, 0.717) is 11.3 Å². The highest BCUT2D eigenvalue weighted by Gasteiger charge is 2.25. The summed E-state index contributed by atoms with van der Waals surface area (Å²) in [5.74, 6) is -1.52. The number of fused-ring (bicyclic) bond motifs is 2. The third kappa shape index (κ3) is 3.51. The number of aromatic nitrogens is 1. The highest BCUT2D eigenvalue weighted by molar-refractivity contribution is 6.06. The number of amides is 1. The van der Waals surface area contributed by atoms with Gasteiger partial charge in [0.1, 0.15) is 5.82 Å². The summed E-state index contributed by atoms with van der Waals surface area (Å²) in [6, 6.07) is 13.0. The molecule has 0 aliphatic heterocycles. The van der Waals surface area contributed by atoms with Gasteiger partial charge < -0.3 is 10.1 Å². The Morgan fingerprint density at radius 2 is 1.96 bits per heavy atom. The molecule has 6 heteroatoms. The number of nitrogens with one attached hydrogen (secondary N) is 1. The van der Waals surface area contributed by atoms with E-state index in [4.69, 9.17) is 4.74 Å². The minimum Gasteiger partial charge on any atom is -0.452 e. The maximum absolute atomic E-state index is 13.2. The van der Waals surface area contributed by atoms with E-state index >= 15 is 0 Å². The van der Waals surface area contributed by atoms with Crippen LogP contribution in [0.25, 0.3) is 10.9 Å². The second-order valence-electron chi connectivity index (χ2n) is 6.42. The van der Waals surface area contributed by atoms with Crippen molar-refractivity contribution in [2.45, 2.75) is 19.3 Å². The third-order valence-corrected chi connectivity index (χ3v) is 4.57. The van der Waals surface area contributed by atoms with Gasteiger partial charge in [0, 0.05) is 16.8 Å². The summed E-state index contributed by atoms with van der Waals surface area (Å²) < 4.78 is 18.4. The Morgan fingerprint density at radius 3 is 2.81 bits per heavy atom. The normalized spacial score (nSPS) is 12.6. The molecule has 0 bridgehead atoms. The van der Waals surface area contributed by atoms with Crippen LogP contribution in [0.5, 0.6) is 0 Å². The monoisotopic (exact) mass is 364 g/mol. The Labute approximate surface area is 155 Å². The van der Waals surface area contributed by atoms with Gasteiger partial charge in [-0.1, -0.05) is 24.3 Å². The van der Waals surface area contributed by atoms with Gasteiger partial charge in [0.25, 0.3) is 5.91 Å². The number of carbonyl (C=O) groups is 2. The summed E-state index contributed by atoms with van der Waals surface area (Å²) in [5, 5.41) is 3.24. The predicted molar refractivity (Wildman–Crippen MR) is 99.1 cm³/mol. The molecule has 1 N–H and O–H groups in total. The average molecular weight is 364 g/mol. The van der Waals surface area contributed by atoms with Gasteiger partial charge in [0.15, 0.2) is 6.61 Å². The van der Waals surface area contributed by atoms with Crippen molar-refractivity contribution in [1.82, 2.24) is 4.98 Å². The molecule has 1 amide bonds. The van der Waals surface area contributed by atoms with Gasteiger partial charge in [-0.25, -0.2) is 9.18 Å². The van der Waals surface area contributed by atoms with Crippen LogP contribution in [0.15, 0.2) is 48.5 Å². The van der Waals surface area contributed by atoms with Crippen LogP contribution < -0.4 is 5.32 Å². The molecule has 0 saturated carbocycles. The zero-order chi connectivity index (χ0) is 18.8. The van der Waals surface area contributed by atoms with E-state index in [9.17, 15) is 14.0 Å². The number of benzene rings is 2. The number of aryl methyl sites for hydroxylation is 1. The molecule has 2 aromatic carbocycles. The van der Waals surface area contributed by atoms with Crippen molar-refractivity contribution in [3.8, 4) is 0 Å². The molecule has 1 aliphatic carbocycles. The number of halogens is 1. The molecule has 0 saturated heterocycles. The Kier molecular flexibility index (Phi) is 4.54. The van der Waals surface area contributed by atoms with Gasteiger partial charge >= 0.3 is 5.97 Å². The van der Waals surface area contributed by atoms with Gasteiger partial charge in [-0.2, -0.15) is 0 Å². The molecule has 4 rings (SSSR count). The summed E-state index contributed by atoms with van der Waals surface area (Å²) in [6.07, 6.45) is 2.55. The number of hydrogen-bond acceptors (Lipinski definition) is 4. The summed E-state index contributed by atoms with van der Waals surface area (Å²) in [4.78, 5) is 29.4. The molecular weight excluding hydrogens is 347 g/mol. The second kappa shape index (κ2) is 7.15. The van der Waals surface area contributed by atoms with Crippen LogP contribution in [-0.2, 0) is 22.4 Å². The molecule has 1 aromatic heterocycles. The standard InChI is InChI=1S/C21H17FN2O3/c22-13-5-3-6-14(11-13)23-19(25)12-27-21(26)20-15-7-1-2-9-17(15)24-18-10-4-8-16(18)20/h1-3,5-7,9,11H,4,8,10,12H2,(H,23,25). The Balaban J connectivity index is 1.53. The molecule has 0 atom stereocenters. The van der Waals surface area contributed by atoms with Crippen molar-refractivity contribution in [1.29, 1.82) is 0 Å². The molecular formula is C21H17FN2O3. The largest absolute Gasteiger partial charge is 0.452 e. The third-order valence-electron chi connectivity index (χ3n) is 4.57. The highest BCUT2D eigenvalue weighted by Crippen LogP contribution is 2.30. The zero-order valence-electron chi connectivity index (χ0n) is 14.5. The highest BCUT2D eigenvalue weighted by atomic mass is 19.1. The first kappa shape index (κ1) is 17.1. The fraction of sp³-hybridized carbons (Fsp3) is 0.190. The van der Waals surface area contributed by atoms with E-state index in [2.05, 4.69) is 10.3 Å². The van der Waals surface area contributed by atoms with Gasteiger partial charge in [0.05, 0.1) is 11.1 Å². The van der Waals surface area contributed by atoms with Crippen LogP contribution in [0.2, 0.25) is 0 Å². The minimum atomic E-state index is -0.541. The zero-order valence-corrected chi connectivity index (χ0v) is 14.5. The lowest BCUT2D eigenvalue weighted by molar-refractivity contribution is -0.119. The van der Waals surface area contributed by atoms with Crippen molar-refractivity contribution < 1.29 is 18.7 Å². The molecule has 0 spiro atoms. The van der Waals surface area contributed by atoms with Gasteiger partial charge in [-0.15, -0.1) is 0 Å². The topological polar surface area (TPSA) is 68.3 Å². The van der Waals surface area contributed by atoms with Gasteiger partial charge in [-0.3, -0.25) is 9.78 Å². The average Bonchev–Trinajstić information content (AvgIpc) is 3.12. The van der Waals surface area contributed by atoms with Crippen molar-refractivity contribution in [2.24, 2.45) is 0 Å². The SMILES string of the molecule is O=C(COC(=O)c1c2c(nc3ccccc13)CCC2)Nc1cccc(F)c1. The van der Waals surface area contributed by atoms with E-state index in [1.165, 1.54) is 18.2 Å². The van der Waals surface area contributed by atoms with E-state index in [0.717, 1.165) is 41.4 Å². The van der Waals surface area contributed by atoms with Gasteiger partial charge in [0.2, 0.25) is 0 Å². The van der Waals surface area contributed by atoms with Crippen molar-refractivity contribution in [2.75, 3.05) is 11.9 Å². The quantitative estimate of drug-likeness (QED) is 0.718. The first-order valence-electron chi connectivity index (χ1n) is 8.75. The molecule has 1 aliphatic rings. The lowest BCUT2D eigenvalue weighted by atomic mass is 10.0. The van der Waals surface area contributed by atoms with E-state index in [1.807, 2.05) is 24.3 Å². The lowest BCUT2D eigenvalue weighted by Gasteiger charge is -2.12. The molecule has 3 aromatic rings. The number of ether oxygens (including phenoxy) is 1. The van der Waals surface area contributed by atoms with Gasteiger partial charge in [-0.05, 0) is 49.1 Å². The summed E-state index contributed by atoms with van der Waals surface area (Å²) in [7, 11) is 0. The minimum absolute atomic E-state index is 0.311. The van der Waals surface area contributed by atoms with Crippen LogP contribution in [0.3, 0.4) is 0 Å². The van der Waals surface area contributed by atoms with Crippen molar-refractivity contribution in [3.63, 3.8) is 0 Å². The number of pyridine rings is 1. The number of nitrogens with zero attached hydrogens (tertiary/aromatic N) is 1. The number of esters is 1. The smallest absolute Gasteiger partial charge is 0.339 e. The van der Waals surface area contributed by atoms with Crippen molar-refractivity contribution >= 4 is 28.5 Å². The number of anilines is 1. The number of rotatable bonds is 4. The molecule has 0 unspecified atom stereocenters. The van der Waals surface area contributed by atoms with Crippen LogP contribution in [0, 0.1) is 5.82 Å². The molecule has 27 heavy (non-hydrogen) atoms. The van der Waals surface area contributed by atoms with E-state index < -0.39 is 24.3 Å². The molecule has 0 fully saturated rings. The fourth-order valence-electron chi connectivity index (χ4n) is 3.41. The van der Waals surface area contributed by atoms with Crippen LogP contribution in [0.1, 0.15) is 28.0 Å². The molecule has 136 valence electrons. The number of hydrogen-bond donors (Lipinski definition) is 1. The Morgan fingerprint density at radius 1 is 1.11 bits per heavy atom. The van der Waals surface area contributed by atoms with Crippen LogP contribution in [-0.4, -0.2) is 23.5 Å². The van der Waals surface area contributed by atoms with E-state index in [1.54, 1.807) is 6.07 Å². The first-order chi connectivity index (χ1) is 13.1. The fourth-order valence-corrected chi connectivity index (χ4v) is 3.41. The van der Waals surface area contributed by atoms with E-state index in [-0.39, 0.29) is 0 Å². The summed E-state index contributed by atoms with van der Waals surface area (Å²) in [6.45, 7) is -0.444.